The Morgan fingerprint density at radius 3 is 2.45 bits per heavy atom. The quantitative estimate of drug-likeness (QED) is 0.854. The van der Waals surface area contributed by atoms with Crippen molar-refractivity contribution in [3.05, 3.63) is 29.3 Å². The Morgan fingerprint density at radius 2 is 1.82 bits per heavy atom. The van der Waals surface area contributed by atoms with Crippen molar-refractivity contribution in [1.29, 1.82) is 0 Å². The van der Waals surface area contributed by atoms with Crippen LogP contribution in [0, 0.1) is 0 Å². The largest absolute Gasteiger partial charge is 0.378 e. The van der Waals surface area contributed by atoms with E-state index in [4.69, 9.17) is 16.3 Å². The van der Waals surface area contributed by atoms with Crippen LogP contribution in [0.15, 0.2) is 24.3 Å². The van der Waals surface area contributed by atoms with E-state index in [9.17, 15) is 4.79 Å². The van der Waals surface area contributed by atoms with Gasteiger partial charge in [0.15, 0.2) is 0 Å². The normalized spacial score (nSPS) is 24.2. The van der Waals surface area contributed by atoms with Crippen LogP contribution in [-0.4, -0.2) is 49.2 Å². The number of rotatable bonds is 4. The summed E-state index contributed by atoms with van der Waals surface area (Å²) < 4.78 is 5.69. The maximum absolute atomic E-state index is 12.7. The number of benzene rings is 1. The van der Waals surface area contributed by atoms with Crippen LogP contribution in [-0.2, 0) is 9.53 Å². The molecular weight excluding hydrogens is 300 g/mol. The first-order valence-electron chi connectivity index (χ1n) is 8.11. The minimum Gasteiger partial charge on any atom is -0.378 e. The van der Waals surface area contributed by atoms with Gasteiger partial charge in [-0.05, 0) is 50.5 Å². The molecule has 1 aromatic rings. The summed E-state index contributed by atoms with van der Waals surface area (Å²) in [7, 11) is 0. The van der Waals surface area contributed by atoms with Crippen LogP contribution in [0.5, 0.6) is 0 Å². The highest BCUT2D eigenvalue weighted by Gasteiger charge is 2.37. The molecule has 1 aromatic carbocycles. The number of amides is 1. The van der Waals surface area contributed by atoms with E-state index in [1.54, 1.807) is 0 Å². The number of halogens is 1. The Kier molecular flexibility index (Phi) is 5.01. The van der Waals surface area contributed by atoms with Gasteiger partial charge in [-0.1, -0.05) is 11.6 Å². The molecule has 5 heteroatoms. The number of anilines is 1. The van der Waals surface area contributed by atoms with Crippen LogP contribution >= 0.6 is 11.6 Å². The van der Waals surface area contributed by atoms with Gasteiger partial charge in [0.05, 0.1) is 12.1 Å². The number of piperidine rings is 1. The Hall–Kier alpha value is -1.10. The molecular formula is C17H23ClN2O2. The van der Waals surface area contributed by atoms with E-state index in [1.165, 1.54) is 0 Å². The Labute approximate surface area is 137 Å². The Bertz CT molecular complexity index is 512. The van der Waals surface area contributed by atoms with Gasteiger partial charge in [0.1, 0.15) is 0 Å². The monoisotopic (exact) mass is 322 g/mol. The summed E-state index contributed by atoms with van der Waals surface area (Å²) in [6, 6.07) is 7.54. The maximum Gasteiger partial charge on any atom is 0.244 e. The van der Waals surface area contributed by atoms with Gasteiger partial charge in [-0.3, -0.25) is 9.69 Å². The Balaban J connectivity index is 1.61. The number of hydrogen-bond donors (Lipinski definition) is 0. The molecule has 0 aromatic heterocycles. The van der Waals surface area contributed by atoms with Crippen molar-refractivity contribution < 1.29 is 9.53 Å². The smallest absolute Gasteiger partial charge is 0.244 e. The molecule has 2 aliphatic heterocycles. The number of ether oxygens (including phenoxy) is 1. The molecule has 0 unspecified atom stereocenters. The highest BCUT2D eigenvalue weighted by atomic mass is 35.5. The molecule has 0 aliphatic carbocycles. The summed E-state index contributed by atoms with van der Waals surface area (Å²) in [6.45, 7) is 5.51. The van der Waals surface area contributed by atoms with E-state index in [-0.39, 0.29) is 11.9 Å². The molecule has 0 spiro atoms. The number of nitrogens with zero attached hydrogens (tertiary/aromatic N) is 2. The third kappa shape index (κ3) is 3.29. The number of likely N-dealkylation sites (tertiary alicyclic amines) is 1. The highest BCUT2D eigenvalue weighted by Crippen LogP contribution is 2.27. The van der Waals surface area contributed by atoms with Crippen LogP contribution in [0.2, 0.25) is 5.02 Å². The summed E-state index contributed by atoms with van der Waals surface area (Å²) >= 11 is 5.92. The number of carbonyl (C=O) groups excluding carboxylic acids is 1. The van der Waals surface area contributed by atoms with Gasteiger partial charge in [0, 0.05) is 37.0 Å². The first-order valence-corrected chi connectivity index (χ1v) is 8.49. The topological polar surface area (TPSA) is 32.8 Å². The van der Waals surface area contributed by atoms with Crippen LogP contribution in [0.25, 0.3) is 0 Å². The van der Waals surface area contributed by atoms with E-state index in [2.05, 4.69) is 4.90 Å². The first kappa shape index (κ1) is 15.8. The zero-order valence-corrected chi connectivity index (χ0v) is 13.8. The van der Waals surface area contributed by atoms with Gasteiger partial charge in [-0.15, -0.1) is 0 Å². The lowest BCUT2D eigenvalue weighted by molar-refractivity contribution is -0.122. The maximum atomic E-state index is 12.7. The molecule has 3 rings (SSSR count). The van der Waals surface area contributed by atoms with E-state index in [1.807, 2.05) is 36.1 Å². The van der Waals surface area contributed by atoms with Crippen molar-refractivity contribution in [3.8, 4) is 0 Å². The molecule has 1 atom stereocenters. The average molecular weight is 323 g/mol. The average Bonchev–Trinajstić information content (AvgIpc) is 2.91. The SMILES string of the molecule is CCOC1CCN([C@@H]2CCN(c3ccc(Cl)cc3)C2=O)CC1. The summed E-state index contributed by atoms with van der Waals surface area (Å²) in [5, 5.41) is 0.699. The number of carbonyl (C=O) groups is 1. The van der Waals surface area contributed by atoms with Crippen LogP contribution in [0.3, 0.4) is 0 Å². The second-order valence-corrected chi connectivity index (χ2v) is 6.40. The van der Waals surface area contributed by atoms with E-state index >= 15 is 0 Å². The highest BCUT2D eigenvalue weighted by molar-refractivity contribution is 6.30. The molecule has 0 radical (unpaired) electrons. The molecule has 2 aliphatic rings. The van der Waals surface area contributed by atoms with Gasteiger partial charge in [0.2, 0.25) is 5.91 Å². The lowest BCUT2D eigenvalue weighted by Gasteiger charge is -2.34. The van der Waals surface area contributed by atoms with E-state index in [0.717, 1.165) is 51.2 Å². The first-order chi connectivity index (χ1) is 10.7. The Morgan fingerprint density at radius 1 is 1.14 bits per heavy atom. The fourth-order valence-electron chi connectivity index (χ4n) is 3.47. The molecule has 0 saturated carbocycles. The predicted molar refractivity (Wildman–Crippen MR) is 88.4 cm³/mol. The summed E-state index contributed by atoms with van der Waals surface area (Å²) in [5.41, 5.74) is 0.945. The number of hydrogen-bond acceptors (Lipinski definition) is 3. The van der Waals surface area contributed by atoms with Gasteiger partial charge < -0.3 is 9.64 Å². The van der Waals surface area contributed by atoms with Crippen molar-refractivity contribution in [3.63, 3.8) is 0 Å². The molecule has 4 nitrogen and oxygen atoms in total. The third-order valence-corrected chi connectivity index (χ3v) is 4.89. The lowest BCUT2D eigenvalue weighted by atomic mass is 10.0. The van der Waals surface area contributed by atoms with Gasteiger partial charge in [-0.2, -0.15) is 0 Å². The summed E-state index contributed by atoms with van der Waals surface area (Å²) in [5.74, 6) is 0.220. The third-order valence-electron chi connectivity index (χ3n) is 4.64. The second-order valence-electron chi connectivity index (χ2n) is 5.96. The van der Waals surface area contributed by atoms with Crippen molar-refractivity contribution >= 4 is 23.2 Å². The summed E-state index contributed by atoms with van der Waals surface area (Å²) in [6.07, 6.45) is 3.32. The minimum absolute atomic E-state index is 0.0262. The fraction of sp³-hybridized carbons (Fsp3) is 0.588. The van der Waals surface area contributed by atoms with Crippen LogP contribution in [0.4, 0.5) is 5.69 Å². The molecule has 2 heterocycles. The van der Waals surface area contributed by atoms with Crippen LogP contribution in [0.1, 0.15) is 26.2 Å². The summed E-state index contributed by atoms with van der Waals surface area (Å²) in [4.78, 5) is 16.9. The zero-order chi connectivity index (χ0) is 15.5. The second kappa shape index (κ2) is 6.99. The minimum atomic E-state index is 0.0262. The lowest BCUT2D eigenvalue weighted by Crippen LogP contribution is -2.47. The molecule has 0 N–H and O–H groups in total. The van der Waals surface area contributed by atoms with Gasteiger partial charge in [-0.25, -0.2) is 0 Å². The standard InChI is InChI=1S/C17H23ClN2O2/c1-2-22-15-7-10-19(11-8-15)16-9-12-20(17(16)21)14-5-3-13(18)4-6-14/h3-6,15-16H,2,7-12H2,1H3/t16-/m1/s1. The van der Waals surface area contributed by atoms with E-state index < -0.39 is 0 Å². The van der Waals surface area contributed by atoms with Gasteiger partial charge >= 0.3 is 0 Å². The van der Waals surface area contributed by atoms with Crippen molar-refractivity contribution in [1.82, 2.24) is 4.90 Å². The zero-order valence-electron chi connectivity index (χ0n) is 13.0. The molecule has 120 valence electrons. The van der Waals surface area contributed by atoms with Crippen molar-refractivity contribution in [2.45, 2.75) is 38.3 Å². The van der Waals surface area contributed by atoms with E-state index in [0.29, 0.717) is 11.1 Å². The van der Waals surface area contributed by atoms with Gasteiger partial charge in [0.25, 0.3) is 0 Å². The molecule has 22 heavy (non-hydrogen) atoms. The van der Waals surface area contributed by atoms with Crippen LogP contribution < -0.4 is 4.90 Å². The predicted octanol–water partition coefficient (Wildman–Crippen LogP) is 2.95. The fourth-order valence-corrected chi connectivity index (χ4v) is 3.60. The molecule has 2 saturated heterocycles. The van der Waals surface area contributed by atoms with Crippen molar-refractivity contribution in [2.24, 2.45) is 0 Å². The molecule has 1 amide bonds. The molecule has 0 bridgehead atoms. The van der Waals surface area contributed by atoms with Crippen molar-refractivity contribution in [2.75, 3.05) is 31.1 Å². The molecule has 2 fully saturated rings.